The van der Waals surface area contributed by atoms with E-state index in [1.807, 2.05) is 0 Å². The predicted molar refractivity (Wildman–Crippen MR) is 68.5 cm³/mol. The Morgan fingerprint density at radius 3 is 2.53 bits per heavy atom. The summed E-state index contributed by atoms with van der Waals surface area (Å²) in [7, 11) is 0. The zero-order valence-corrected chi connectivity index (χ0v) is 11.7. The van der Waals surface area contributed by atoms with Crippen molar-refractivity contribution >= 4 is 12.1 Å². The second kappa shape index (κ2) is 5.61. The van der Waals surface area contributed by atoms with Crippen LogP contribution in [0.15, 0.2) is 12.2 Å². The molecule has 6 nitrogen and oxygen atoms in total. The molecule has 19 heavy (non-hydrogen) atoms. The maximum absolute atomic E-state index is 12.0. The second-order valence-electron chi connectivity index (χ2n) is 5.45. The summed E-state index contributed by atoms with van der Waals surface area (Å²) in [6.07, 6.45) is 1.43. The van der Waals surface area contributed by atoms with Crippen LogP contribution in [0.25, 0.3) is 0 Å². The van der Waals surface area contributed by atoms with Crippen molar-refractivity contribution in [2.75, 3.05) is 6.61 Å². The van der Waals surface area contributed by atoms with Crippen LogP contribution < -0.4 is 5.32 Å². The summed E-state index contributed by atoms with van der Waals surface area (Å²) in [4.78, 5) is 23.7. The third kappa shape index (κ3) is 4.24. The van der Waals surface area contributed by atoms with Gasteiger partial charge in [0.05, 0.1) is 12.7 Å². The summed E-state index contributed by atoms with van der Waals surface area (Å²) in [5.41, 5.74) is -2.02. The molecule has 1 rings (SSSR count). The first-order chi connectivity index (χ1) is 8.68. The number of esters is 1. The lowest BCUT2D eigenvalue weighted by Crippen LogP contribution is -2.54. The third-order valence-corrected chi connectivity index (χ3v) is 2.50. The number of rotatable bonds is 3. The Kier molecular flexibility index (Phi) is 4.57. The molecule has 2 atom stereocenters. The second-order valence-corrected chi connectivity index (χ2v) is 5.45. The SMILES string of the molecule is CCOC(=O)[C@@]1(NC(=O)OC(C)(C)C)C=C[C@H](O)C1. The van der Waals surface area contributed by atoms with Gasteiger partial charge in [0.2, 0.25) is 0 Å². The van der Waals surface area contributed by atoms with Gasteiger partial charge >= 0.3 is 12.1 Å². The summed E-state index contributed by atoms with van der Waals surface area (Å²) >= 11 is 0. The van der Waals surface area contributed by atoms with Gasteiger partial charge < -0.3 is 19.9 Å². The minimum Gasteiger partial charge on any atom is -0.464 e. The van der Waals surface area contributed by atoms with Gasteiger partial charge in [-0.05, 0) is 33.8 Å². The highest BCUT2D eigenvalue weighted by Gasteiger charge is 2.44. The normalized spacial score (nSPS) is 26.1. The molecule has 1 aliphatic carbocycles. The molecule has 1 amide bonds. The van der Waals surface area contributed by atoms with Gasteiger partial charge in [-0.2, -0.15) is 0 Å². The quantitative estimate of drug-likeness (QED) is 0.594. The van der Waals surface area contributed by atoms with Crippen molar-refractivity contribution in [2.45, 2.75) is 51.4 Å². The van der Waals surface area contributed by atoms with Crippen molar-refractivity contribution < 1.29 is 24.2 Å². The van der Waals surface area contributed by atoms with Crippen molar-refractivity contribution in [3.8, 4) is 0 Å². The zero-order chi connectivity index (χ0) is 14.7. The molecule has 0 aromatic rings. The molecule has 0 unspecified atom stereocenters. The molecule has 0 saturated carbocycles. The Morgan fingerprint density at radius 2 is 2.11 bits per heavy atom. The number of ether oxygens (including phenoxy) is 2. The average Bonchev–Trinajstić information content (AvgIpc) is 2.58. The summed E-state index contributed by atoms with van der Waals surface area (Å²) < 4.78 is 10.1. The molecule has 0 aliphatic heterocycles. The highest BCUT2D eigenvalue weighted by Crippen LogP contribution is 2.25. The fraction of sp³-hybridized carbons (Fsp3) is 0.692. The van der Waals surface area contributed by atoms with E-state index >= 15 is 0 Å². The molecule has 0 radical (unpaired) electrons. The predicted octanol–water partition coefficient (Wildman–Crippen LogP) is 1.13. The number of hydrogen-bond donors (Lipinski definition) is 2. The van der Waals surface area contributed by atoms with E-state index in [0.717, 1.165) is 0 Å². The fourth-order valence-electron chi connectivity index (χ4n) is 1.78. The van der Waals surface area contributed by atoms with Gasteiger partial charge in [0.15, 0.2) is 5.54 Å². The van der Waals surface area contributed by atoms with Crippen LogP contribution in [-0.4, -0.2) is 41.0 Å². The van der Waals surface area contributed by atoms with Gasteiger partial charge in [0.25, 0.3) is 0 Å². The highest BCUT2D eigenvalue weighted by molar-refractivity contribution is 5.89. The summed E-state index contributed by atoms with van der Waals surface area (Å²) in [6.45, 7) is 7.05. The summed E-state index contributed by atoms with van der Waals surface area (Å²) in [5.74, 6) is -0.603. The van der Waals surface area contributed by atoms with Crippen LogP contribution in [0, 0.1) is 0 Å². The number of carbonyl (C=O) groups is 2. The van der Waals surface area contributed by atoms with E-state index in [9.17, 15) is 14.7 Å². The van der Waals surface area contributed by atoms with Crippen LogP contribution in [0.4, 0.5) is 4.79 Å². The Labute approximate surface area is 112 Å². The first-order valence-corrected chi connectivity index (χ1v) is 6.24. The van der Waals surface area contributed by atoms with Gasteiger partial charge in [-0.25, -0.2) is 9.59 Å². The molecule has 0 aromatic heterocycles. The molecule has 0 fully saturated rings. The lowest BCUT2D eigenvalue weighted by atomic mass is 9.99. The molecule has 6 heteroatoms. The van der Waals surface area contributed by atoms with Gasteiger partial charge in [0, 0.05) is 6.42 Å². The minimum atomic E-state index is -1.35. The largest absolute Gasteiger partial charge is 0.464 e. The number of alkyl carbamates (subject to hydrolysis) is 1. The third-order valence-electron chi connectivity index (χ3n) is 2.50. The van der Waals surface area contributed by atoms with Crippen molar-refractivity contribution in [3.05, 3.63) is 12.2 Å². The topological polar surface area (TPSA) is 84.9 Å². The Balaban J connectivity index is 2.80. The molecule has 0 saturated heterocycles. The molecular formula is C13H21NO5. The lowest BCUT2D eigenvalue weighted by molar-refractivity contribution is -0.149. The van der Waals surface area contributed by atoms with E-state index in [0.29, 0.717) is 0 Å². The van der Waals surface area contributed by atoms with Gasteiger partial charge in [0.1, 0.15) is 5.60 Å². The van der Waals surface area contributed by atoms with E-state index in [2.05, 4.69) is 5.32 Å². The molecule has 0 aromatic carbocycles. The van der Waals surface area contributed by atoms with E-state index in [1.165, 1.54) is 12.2 Å². The van der Waals surface area contributed by atoms with Crippen molar-refractivity contribution in [3.63, 3.8) is 0 Å². The van der Waals surface area contributed by atoms with Gasteiger partial charge in [-0.15, -0.1) is 0 Å². The van der Waals surface area contributed by atoms with Gasteiger partial charge in [-0.3, -0.25) is 0 Å². The number of nitrogens with one attached hydrogen (secondary N) is 1. The maximum atomic E-state index is 12.0. The van der Waals surface area contributed by atoms with Crippen LogP contribution in [0.1, 0.15) is 34.1 Å². The standard InChI is InChI=1S/C13H21NO5/c1-5-18-10(16)13(7-6-9(15)8-13)14-11(17)19-12(2,3)4/h6-7,9,15H,5,8H2,1-4H3,(H,14,17)/t9-,13+/m0/s1. The lowest BCUT2D eigenvalue weighted by Gasteiger charge is -2.28. The first kappa shape index (κ1) is 15.5. The molecule has 108 valence electrons. The van der Waals surface area contributed by atoms with E-state index in [-0.39, 0.29) is 13.0 Å². The molecule has 0 heterocycles. The summed E-state index contributed by atoms with van der Waals surface area (Å²) in [5, 5.41) is 12.0. The molecule has 0 bridgehead atoms. The Bertz CT molecular complexity index is 385. The fourth-order valence-corrected chi connectivity index (χ4v) is 1.78. The van der Waals surface area contributed by atoms with E-state index in [1.54, 1.807) is 27.7 Å². The Hall–Kier alpha value is -1.56. The van der Waals surface area contributed by atoms with Crippen molar-refractivity contribution in [2.24, 2.45) is 0 Å². The number of aliphatic hydroxyl groups is 1. The maximum Gasteiger partial charge on any atom is 0.408 e. The van der Waals surface area contributed by atoms with Crippen molar-refractivity contribution in [1.82, 2.24) is 5.32 Å². The zero-order valence-electron chi connectivity index (χ0n) is 11.7. The average molecular weight is 271 g/mol. The number of amides is 1. The van der Waals surface area contributed by atoms with Crippen LogP contribution >= 0.6 is 0 Å². The number of carbonyl (C=O) groups excluding carboxylic acids is 2. The minimum absolute atomic E-state index is 0.0467. The molecule has 2 N–H and O–H groups in total. The molecule has 0 spiro atoms. The number of aliphatic hydroxyl groups excluding tert-OH is 1. The van der Waals surface area contributed by atoms with Crippen LogP contribution in [-0.2, 0) is 14.3 Å². The highest BCUT2D eigenvalue weighted by atomic mass is 16.6. The Morgan fingerprint density at radius 1 is 1.47 bits per heavy atom. The van der Waals surface area contributed by atoms with E-state index < -0.39 is 29.3 Å². The first-order valence-electron chi connectivity index (χ1n) is 6.24. The monoisotopic (exact) mass is 271 g/mol. The van der Waals surface area contributed by atoms with Crippen LogP contribution in [0.3, 0.4) is 0 Å². The van der Waals surface area contributed by atoms with Crippen molar-refractivity contribution in [1.29, 1.82) is 0 Å². The molecule has 1 aliphatic rings. The smallest absolute Gasteiger partial charge is 0.408 e. The van der Waals surface area contributed by atoms with Crippen LogP contribution in [0.5, 0.6) is 0 Å². The molecular weight excluding hydrogens is 250 g/mol. The number of hydrogen-bond acceptors (Lipinski definition) is 5. The van der Waals surface area contributed by atoms with Crippen LogP contribution in [0.2, 0.25) is 0 Å². The van der Waals surface area contributed by atoms with Gasteiger partial charge in [-0.1, -0.05) is 6.08 Å². The summed E-state index contributed by atoms with van der Waals surface area (Å²) in [6, 6.07) is 0. The van der Waals surface area contributed by atoms with E-state index in [4.69, 9.17) is 9.47 Å².